The molecule has 2 unspecified atom stereocenters. The van der Waals surface area contributed by atoms with E-state index in [4.69, 9.17) is 5.73 Å². The number of hydrogen-bond donors (Lipinski definition) is 15. The van der Waals surface area contributed by atoms with Crippen LogP contribution in [0.4, 0.5) is 0 Å². The zero-order chi connectivity index (χ0) is 60.2. The smallest absolute Gasteiger partial charge is 0.248 e. The highest BCUT2D eigenvalue weighted by molar-refractivity contribution is 8.00. The highest BCUT2D eigenvalue weighted by atomic mass is 32.2. The van der Waals surface area contributed by atoms with Gasteiger partial charge in [-0.3, -0.25) is 43.2 Å². The quantitative estimate of drug-likeness (QED) is 0.0477. The summed E-state index contributed by atoms with van der Waals surface area (Å²) < 4.78 is 0. The van der Waals surface area contributed by atoms with Crippen molar-refractivity contribution in [1.82, 2.24) is 41.7 Å². The van der Waals surface area contributed by atoms with E-state index in [1.54, 1.807) is 6.92 Å². The summed E-state index contributed by atoms with van der Waals surface area (Å²) in [5.74, 6) is -9.31. The molecule has 0 saturated carbocycles. The Morgan fingerprint density at radius 3 is 1.98 bits per heavy atom. The summed E-state index contributed by atoms with van der Waals surface area (Å²) >= 11 is 0.668. The summed E-state index contributed by atoms with van der Waals surface area (Å²) in [6.07, 6.45) is -7.54. The summed E-state index contributed by atoms with van der Waals surface area (Å²) in [6.45, 7) is 8.63. The molecule has 456 valence electrons. The van der Waals surface area contributed by atoms with Gasteiger partial charge in [0.2, 0.25) is 53.2 Å². The van der Waals surface area contributed by atoms with Crippen LogP contribution in [0.15, 0.2) is 24.3 Å². The lowest BCUT2D eigenvalue weighted by atomic mass is 9.91. The number of aliphatic hydroxyl groups excluding tert-OH is 7. The maximum absolute atomic E-state index is 14.7. The first kappa shape index (κ1) is 67.8. The van der Waals surface area contributed by atoms with Crippen molar-refractivity contribution in [2.75, 3.05) is 25.4 Å². The molecule has 27 heteroatoms. The van der Waals surface area contributed by atoms with Crippen molar-refractivity contribution >= 4 is 64.9 Å². The van der Waals surface area contributed by atoms with Crippen molar-refractivity contribution in [2.24, 2.45) is 17.6 Å². The van der Waals surface area contributed by atoms with Crippen LogP contribution in [0.5, 0.6) is 5.75 Å². The summed E-state index contributed by atoms with van der Waals surface area (Å²) in [4.78, 5) is 127. The van der Waals surface area contributed by atoms with Crippen molar-refractivity contribution in [3.8, 4) is 5.75 Å². The Hall–Kier alpha value is -5.68. The number of amides is 9. The van der Waals surface area contributed by atoms with Crippen molar-refractivity contribution < 1.29 is 84.0 Å². The number of nitrogens with one attached hydrogen (secondary N) is 6. The molecule has 9 amide bonds. The number of rotatable bonds is 24. The van der Waals surface area contributed by atoms with Crippen LogP contribution in [0, 0.1) is 11.8 Å². The van der Waals surface area contributed by atoms with Crippen molar-refractivity contribution in [3.63, 3.8) is 0 Å². The maximum Gasteiger partial charge on any atom is 0.248 e. The van der Waals surface area contributed by atoms with Crippen LogP contribution in [0.2, 0.25) is 0 Å². The predicted octanol–water partition coefficient (Wildman–Crippen LogP) is -2.46. The Kier molecular flexibility index (Phi) is 27.5. The summed E-state index contributed by atoms with van der Waals surface area (Å²) in [6, 6.07) is -7.29. The number of hydrogen-bond acceptors (Lipinski definition) is 18. The highest BCUT2D eigenvalue weighted by Crippen LogP contribution is 2.28. The molecule has 16 atom stereocenters. The molecule has 0 aliphatic carbocycles. The molecule has 1 aromatic rings. The first-order chi connectivity index (χ1) is 38.3. The Morgan fingerprint density at radius 1 is 0.728 bits per heavy atom. The van der Waals surface area contributed by atoms with Crippen LogP contribution in [0.25, 0.3) is 0 Å². The molecule has 0 aromatic heterocycles. The number of unbranched alkanes of at least 4 members (excludes halogenated alkanes) is 5. The Balaban J connectivity index is 1.78. The number of nitrogens with two attached hydrogens (primary N) is 1. The van der Waals surface area contributed by atoms with Gasteiger partial charge in [-0.2, -0.15) is 0 Å². The van der Waals surface area contributed by atoms with Crippen molar-refractivity contribution in [3.05, 3.63) is 29.8 Å². The average Bonchev–Trinajstić information content (AvgIpc) is 4.02. The van der Waals surface area contributed by atoms with Crippen LogP contribution in [0.1, 0.15) is 136 Å². The highest BCUT2D eigenvalue weighted by Gasteiger charge is 2.49. The molecular weight excluding hydrogens is 1080 g/mol. The van der Waals surface area contributed by atoms with Gasteiger partial charge in [-0.15, -0.1) is 11.8 Å². The number of aromatic hydroxyl groups is 1. The molecule has 3 aliphatic heterocycles. The van der Waals surface area contributed by atoms with Gasteiger partial charge in [0.1, 0.15) is 59.6 Å². The predicted molar refractivity (Wildman–Crippen MR) is 294 cm³/mol. The van der Waals surface area contributed by atoms with Gasteiger partial charge in [0.25, 0.3) is 0 Å². The number of thioether (sulfide) groups is 1. The third-order valence-electron chi connectivity index (χ3n) is 15.1. The largest absolute Gasteiger partial charge is 0.508 e. The van der Waals surface area contributed by atoms with E-state index in [-0.39, 0.29) is 30.7 Å². The van der Waals surface area contributed by atoms with E-state index in [1.165, 1.54) is 18.6 Å². The number of benzene rings is 1. The molecule has 3 heterocycles. The molecule has 3 saturated heterocycles. The number of nitrogens with zero attached hydrogens (tertiary/aromatic N) is 2. The number of phenols is 1. The van der Waals surface area contributed by atoms with Crippen molar-refractivity contribution in [2.45, 2.75) is 209 Å². The van der Waals surface area contributed by atoms with E-state index < -0.39 is 176 Å². The fourth-order valence-electron chi connectivity index (χ4n) is 10.3. The van der Waals surface area contributed by atoms with Crippen molar-refractivity contribution in [1.29, 1.82) is 0 Å². The Morgan fingerprint density at radius 2 is 1.35 bits per heavy atom. The van der Waals surface area contributed by atoms with E-state index >= 15 is 0 Å². The lowest BCUT2D eigenvalue weighted by Gasteiger charge is -2.34. The number of carbonyl (C=O) groups is 9. The molecule has 0 spiro atoms. The molecule has 0 radical (unpaired) electrons. The lowest BCUT2D eigenvalue weighted by molar-refractivity contribution is -0.148. The number of phenolic OH excluding ortho intramolecular Hbond substituents is 1. The SMILES string of the molecule is CCNC(=O)CS[C@H]1NC(=O)[C@@H]2[C@@H](O)CCN2C(=O)[C@H]([C@H](O)CC(N)=O)NC(=O)[C@H]([C@H](O)[C@@H](O)c2ccc(O)cc2)NC(=O)[C@@H]2C[C@@H](O)CN2C(=O)[C@H]([C@@H](C)O)NC(=O)[C@@H](NC(=O)CCCCCCCCC(C)CC(C)CC)C[C@H]1O. The molecule has 3 aliphatic rings. The third kappa shape index (κ3) is 20.3. The Bertz CT molecular complexity index is 2280. The number of fused-ring (bicyclic) bond motifs is 2. The number of primary amides is 1. The number of aliphatic hydroxyl groups is 7. The van der Waals surface area contributed by atoms with Crippen LogP contribution < -0.4 is 37.6 Å². The molecule has 0 bridgehead atoms. The second kappa shape index (κ2) is 32.8. The zero-order valence-electron chi connectivity index (χ0n) is 46.9. The number of carbonyl (C=O) groups excluding carboxylic acids is 9. The zero-order valence-corrected chi connectivity index (χ0v) is 47.7. The standard InChI is InChI=1S/C54H87N9O17S/c1-6-28(3)22-29(4)14-12-10-8-9-11-13-15-40(71)57-34-24-38(69)52(81-27-41(72)56-7-2)61-51(78)45-36(67)20-21-62(45)54(80)43(37(68)25-39(55)70)59-50(77)44(47(74)46(73)31-16-18-32(65)19-17-31)60-49(76)35-23-33(66)26-63(35)53(79)42(30(5)64)58-48(34)75/h16-19,28-30,33-38,42-47,52,64-69,73-74H,6-15,20-27H2,1-5H3,(H2,55,70)(H,56,72)(H,57,71)(H,58,75)(H,59,77)(H,60,76)(H,61,78)/t28?,29?,30-,33-,34+,35+,36+,37-,38-,42+,43+,44+,45+,46+,47+,52-/m1/s1. The van der Waals surface area contributed by atoms with E-state index in [1.807, 2.05) is 0 Å². The van der Waals surface area contributed by atoms with Gasteiger partial charge >= 0.3 is 0 Å². The first-order valence-electron chi connectivity index (χ1n) is 28.1. The van der Waals surface area contributed by atoms with E-state index in [0.29, 0.717) is 36.4 Å². The minimum atomic E-state index is -2.37. The molecule has 1 aromatic carbocycles. The molecule has 3 fully saturated rings. The van der Waals surface area contributed by atoms with E-state index in [9.17, 15) is 84.0 Å². The normalized spacial score (nSPS) is 27.7. The van der Waals surface area contributed by atoms with Gasteiger partial charge in [-0.05, 0) is 62.6 Å². The maximum atomic E-state index is 14.7. The minimum Gasteiger partial charge on any atom is -0.508 e. The third-order valence-corrected chi connectivity index (χ3v) is 16.3. The first-order valence-corrected chi connectivity index (χ1v) is 29.2. The van der Waals surface area contributed by atoms with Crippen LogP contribution in [0.3, 0.4) is 0 Å². The molecular formula is C54H87N9O17S. The minimum absolute atomic E-state index is 0.0727. The van der Waals surface area contributed by atoms with Gasteiger partial charge in [0.05, 0.1) is 42.7 Å². The van der Waals surface area contributed by atoms with Gasteiger partial charge < -0.3 is 88.3 Å². The van der Waals surface area contributed by atoms with Crippen LogP contribution >= 0.6 is 11.8 Å². The van der Waals surface area contributed by atoms with Gasteiger partial charge in [0.15, 0.2) is 0 Å². The van der Waals surface area contributed by atoms with Gasteiger partial charge in [0, 0.05) is 38.9 Å². The summed E-state index contributed by atoms with van der Waals surface area (Å²) in [7, 11) is 0. The molecule has 4 rings (SSSR count). The van der Waals surface area contributed by atoms with Gasteiger partial charge in [-0.1, -0.05) is 77.8 Å². The fourth-order valence-corrected chi connectivity index (χ4v) is 11.3. The monoisotopic (exact) mass is 1170 g/mol. The molecule has 81 heavy (non-hydrogen) atoms. The van der Waals surface area contributed by atoms with Crippen LogP contribution in [-0.2, 0) is 43.2 Å². The Labute approximate surface area is 476 Å². The molecule has 26 nitrogen and oxygen atoms in total. The molecule has 16 N–H and O–H groups in total. The lowest BCUT2D eigenvalue weighted by Crippen LogP contribution is -2.64. The summed E-state index contributed by atoms with van der Waals surface area (Å²) in [5, 5.41) is 103. The second-order valence-electron chi connectivity index (χ2n) is 21.8. The second-order valence-corrected chi connectivity index (χ2v) is 23.0. The van der Waals surface area contributed by atoms with Crippen LogP contribution in [-0.4, -0.2) is 207 Å². The van der Waals surface area contributed by atoms with E-state index in [0.717, 1.165) is 67.4 Å². The van der Waals surface area contributed by atoms with E-state index in [2.05, 4.69) is 52.7 Å². The topological polar surface area (TPSA) is 420 Å². The fraction of sp³-hybridized carbons (Fsp3) is 0.722. The average molecular weight is 1170 g/mol. The van der Waals surface area contributed by atoms with Gasteiger partial charge in [-0.25, -0.2) is 0 Å². The summed E-state index contributed by atoms with van der Waals surface area (Å²) in [5.41, 5.74) is 5.28.